The second kappa shape index (κ2) is 22.9. The molecule has 3 spiro atoms. The third kappa shape index (κ3) is 12.0. The van der Waals surface area contributed by atoms with Crippen LogP contribution in [0.5, 0.6) is 17.2 Å². The predicted molar refractivity (Wildman–Crippen MR) is 301 cm³/mol. The number of nitrogens with one attached hydrogen (secondary N) is 2. The molecule has 3 aromatic carbocycles. The molecule has 1 amide bonds. The van der Waals surface area contributed by atoms with Gasteiger partial charge in [-0.2, -0.15) is 0 Å². The van der Waals surface area contributed by atoms with Gasteiger partial charge in [0, 0.05) is 91.2 Å². The quantitative estimate of drug-likeness (QED) is 0.143. The minimum absolute atomic E-state index is 0. The van der Waals surface area contributed by atoms with E-state index in [1.165, 1.54) is 0 Å². The van der Waals surface area contributed by atoms with Crippen LogP contribution in [0, 0.1) is 13.1 Å². The molecule has 78 heavy (non-hydrogen) atoms. The van der Waals surface area contributed by atoms with Gasteiger partial charge in [-0.25, -0.2) is 14.6 Å². The number of fused-ring (bicyclic) bond motifs is 3. The van der Waals surface area contributed by atoms with E-state index in [9.17, 15) is 9.59 Å². The van der Waals surface area contributed by atoms with Crippen molar-refractivity contribution in [1.82, 2.24) is 30.5 Å². The summed E-state index contributed by atoms with van der Waals surface area (Å²) in [4.78, 5) is 44.5. The van der Waals surface area contributed by atoms with E-state index in [4.69, 9.17) is 37.2 Å². The molecule has 6 aliphatic heterocycles. The van der Waals surface area contributed by atoms with E-state index in [2.05, 4.69) is 59.6 Å². The van der Waals surface area contributed by atoms with Gasteiger partial charge in [-0.1, -0.05) is 93.4 Å². The van der Waals surface area contributed by atoms with E-state index in [0.717, 1.165) is 119 Å². The molecule has 3 N–H and O–H groups in total. The molecule has 6 aliphatic rings. The van der Waals surface area contributed by atoms with Crippen molar-refractivity contribution in [2.45, 2.75) is 89.1 Å². The van der Waals surface area contributed by atoms with E-state index in [1.807, 2.05) is 106 Å². The first kappa shape index (κ1) is 54.2. The number of aromatic carboxylic acids is 1. The van der Waals surface area contributed by atoms with Gasteiger partial charge in [0.15, 0.2) is 0 Å². The second-order valence-electron chi connectivity index (χ2n) is 20.9. The summed E-state index contributed by atoms with van der Waals surface area (Å²) >= 11 is 0. The van der Waals surface area contributed by atoms with Gasteiger partial charge in [0.25, 0.3) is 11.6 Å². The highest BCUT2D eigenvalue weighted by atomic mass is 16.6. The molecule has 3 aromatic heterocycles. The van der Waals surface area contributed by atoms with Gasteiger partial charge in [-0.05, 0) is 118 Å². The van der Waals surface area contributed by atoms with Crippen molar-refractivity contribution in [3.63, 3.8) is 0 Å². The maximum atomic E-state index is 12.4. The Hall–Kier alpha value is -8.63. The number of hydrogen-bond donors (Lipinski definition) is 3. The molecular formula is C63H64N8O7. The Morgan fingerprint density at radius 3 is 1.27 bits per heavy atom. The lowest BCUT2D eigenvalue weighted by molar-refractivity contribution is -0.00119. The molecule has 3 fully saturated rings. The van der Waals surface area contributed by atoms with Gasteiger partial charge in [0.05, 0.1) is 0 Å². The first-order chi connectivity index (χ1) is 37.2. The summed E-state index contributed by atoms with van der Waals surface area (Å²) in [6.07, 6.45) is 16.6. The number of carboxylic acids is 1. The van der Waals surface area contributed by atoms with Gasteiger partial charge in [-0.15, -0.1) is 9.97 Å². The summed E-state index contributed by atoms with van der Waals surface area (Å²) in [5.74, 6) is 2.42. The summed E-state index contributed by atoms with van der Waals surface area (Å²) in [6, 6.07) is 34.9. The van der Waals surface area contributed by atoms with Crippen LogP contribution in [0.3, 0.4) is 0 Å². The number of nitrogens with zero attached hydrogens (tertiary/aromatic N) is 6. The van der Waals surface area contributed by atoms with Crippen molar-refractivity contribution in [2.75, 3.05) is 39.3 Å². The molecule has 6 aromatic rings. The monoisotopic (exact) mass is 1040 g/mol. The first-order valence-corrected chi connectivity index (χ1v) is 26.1. The van der Waals surface area contributed by atoms with Gasteiger partial charge in [0.2, 0.25) is 0 Å². The minimum Gasteiger partial charge on any atom is -0.482 e. The highest BCUT2D eigenvalue weighted by molar-refractivity contribution is 5.89. The summed E-state index contributed by atoms with van der Waals surface area (Å²) in [6.45, 7) is 24.7. The molecule has 0 unspecified atom stereocenters. The molecule has 398 valence electrons. The van der Waals surface area contributed by atoms with Crippen molar-refractivity contribution >= 4 is 40.4 Å². The molecule has 12 rings (SSSR count). The molecule has 15 nitrogen and oxygen atoms in total. The average Bonchev–Trinajstić information content (AvgIpc) is 3.51. The molecule has 15 heteroatoms. The van der Waals surface area contributed by atoms with Gasteiger partial charge >= 0.3 is 12.1 Å². The van der Waals surface area contributed by atoms with Crippen molar-refractivity contribution < 1.29 is 33.6 Å². The molecule has 0 aliphatic carbocycles. The Balaban J connectivity index is 0.000000143. The number of amides is 1. The zero-order valence-electron chi connectivity index (χ0n) is 43.4. The largest absolute Gasteiger partial charge is 0.482 e. The van der Waals surface area contributed by atoms with Crippen molar-refractivity contribution in [3.05, 3.63) is 208 Å². The summed E-state index contributed by atoms with van der Waals surface area (Å²) in [5, 5.41) is 15.8. The van der Waals surface area contributed by atoms with Crippen molar-refractivity contribution in [1.29, 1.82) is 0 Å². The van der Waals surface area contributed by atoms with Crippen LogP contribution in [0.25, 0.3) is 26.4 Å². The lowest BCUT2D eigenvalue weighted by Gasteiger charge is -2.43. The van der Waals surface area contributed by atoms with Crippen LogP contribution in [-0.2, 0) is 4.74 Å². The zero-order valence-corrected chi connectivity index (χ0v) is 43.4. The molecule has 3 saturated heterocycles. The molecule has 9 heterocycles. The smallest absolute Gasteiger partial charge is 0.410 e. The number of carbonyl (C=O) groups is 2. The maximum Gasteiger partial charge on any atom is 0.410 e. The number of pyridine rings is 3. The number of carboxylic acid groups (broad SMARTS) is 1. The zero-order chi connectivity index (χ0) is 53.6. The van der Waals surface area contributed by atoms with Crippen LogP contribution >= 0.6 is 0 Å². The number of ether oxygens (including phenoxy) is 4. The van der Waals surface area contributed by atoms with E-state index >= 15 is 0 Å². The minimum atomic E-state index is -1.02. The molecule has 0 bridgehead atoms. The summed E-state index contributed by atoms with van der Waals surface area (Å²) < 4.78 is 24.7. The Morgan fingerprint density at radius 1 is 0.564 bits per heavy atom. The number of aromatic nitrogens is 3. The Kier molecular flexibility index (Phi) is 15.9. The maximum absolute atomic E-state index is 12.4. The van der Waals surface area contributed by atoms with Gasteiger partial charge in [0.1, 0.15) is 57.7 Å². The molecular weight excluding hydrogens is 981 g/mol. The van der Waals surface area contributed by atoms with Crippen LogP contribution < -0.4 is 24.8 Å². The van der Waals surface area contributed by atoms with Crippen LogP contribution in [-0.4, -0.2) is 98.7 Å². The highest BCUT2D eigenvalue weighted by Crippen LogP contribution is 2.46. The number of piperidine rings is 3. The fourth-order valence-electron chi connectivity index (χ4n) is 10.6. The third-order valence-electron chi connectivity index (χ3n) is 14.5. The second-order valence-corrected chi connectivity index (χ2v) is 20.9. The van der Waals surface area contributed by atoms with Gasteiger partial charge in [-0.3, -0.25) is 0 Å². The van der Waals surface area contributed by atoms with Crippen molar-refractivity contribution in [3.8, 4) is 17.2 Å². The molecule has 0 radical (unpaired) electrons. The van der Waals surface area contributed by atoms with Crippen LogP contribution in [0.1, 0.15) is 111 Å². The Labute approximate surface area is 456 Å². The Morgan fingerprint density at radius 2 is 0.936 bits per heavy atom. The van der Waals surface area contributed by atoms with Gasteiger partial charge < -0.3 is 49.3 Å². The topological polar surface area (TPSA) is 166 Å². The fourth-order valence-corrected chi connectivity index (χ4v) is 10.6. The van der Waals surface area contributed by atoms with Crippen LogP contribution in [0.15, 0.2) is 146 Å². The van der Waals surface area contributed by atoms with E-state index in [1.54, 1.807) is 41.7 Å². The number of benzene rings is 3. The predicted octanol–water partition coefficient (Wildman–Crippen LogP) is 12.2. The lowest BCUT2D eigenvalue weighted by atomic mass is 9.83. The van der Waals surface area contributed by atoms with E-state index < -0.39 is 17.2 Å². The standard InChI is InChI=1S/C24H25N3O3.C19H17N3O.C19H18N2O3.CH4/c1-23(2,3)30-22(28)27-13-11-24(12-14-27)15-19(17-9-10-21(25-4)26-16-17)18-7-5-6-8-20(18)29-24;1-20-18-7-6-14(13-22-18)16-12-19(8-10-21-11-9-19)23-17-5-3-2-4-15(16)17;22-18(23)16-6-5-13(12-21-16)15-11-19(7-9-20-10-8-19)24-17-4-2-1-3-14(15)17;/h5-10,15-16H,11-14H2,1-3H3;2-7,12-13,21H,8-11H2;1-6,11-12,20H,7-10H2,(H,22,23);1H4. The average molecular weight is 1050 g/mol. The summed E-state index contributed by atoms with van der Waals surface area (Å²) in [5.41, 5.74) is 7.78. The fraction of sp³-hybridized carbons (Fsp3) is 0.317. The number of para-hydroxylation sites is 3. The number of likely N-dealkylation sites (tertiary alicyclic amines) is 1. The number of rotatable bonds is 4. The van der Waals surface area contributed by atoms with Crippen molar-refractivity contribution in [2.24, 2.45) is 0 Å². The normalized spacial score (nSPS) is 17.8. The summed E-state index contributed by atoms with van der Waals surface area (Å²) in [7, 11) is 0. The molecule has 0 atom stereocenters. The number of carbonyl (C=O) groups excluding carboxylic acids is 1. The van der Waals surface area contributed by atoms with E-state index in [0.29, 0.717) is 37.6 Å². The molecule has 0 saturated carbocycles. The van der Waals surface area contributed by atoms with Crippen LogP contribution in [0.2, 0.25) is 0 Å². The number of hydrogen-bond acceptors (Lipinski definition) is 11. The third-order valence-corrected chi connectivity index (χ3v) is 14.5. The van der Waals surface area contributed by atoms with Crippen LogP contribution in [0.4, 0.5) is 16.4 Å². The van der Waals surface area contributed by atoms with E-state index in [-0.39, 0.29) is 30.4 Å². The highest BCUT2D eigenvalue weighted by Gasteiger charge is 2.42. The lowest BCUT2D eigenvalue weighted by Crippen LogP contribution is -2.50. The Bertz CT molecular complexity index is 3330. The first-order valence-electron chi connectivity index (χ1n) is 26.1. The SMILES string of the molecule is C.O=C(O)c1ccc(C2=CC3(CCNCC3)Oc3ccccc32)cn1.[C-]#[N+]c1ccc(C2=CC3(CCN(C(=O)OC(C)(C)C)CC3)Oc3ccccc32)cn1.[C-]#[N+]c1ccc(C2=CC3(CCNCC3)Oc3ccccc32)cn1.